The van der Waals surface area contributed by atoms with Gasteiger partial charge in [0.2, 0.25) is 0 Å². The van der Waals surface area contributed by atoms with Crippen LogP contribution in [0.1, 0.15) is 16.7 Å². The smallest absolute Gasteiger partial charge is 0.269 e. The van der Waals surface area contributed by atoms with Gasteiger partial charge in [0.1, 0.15) is 6.61 Å². The van der Waals surface area contributed by atoms with Crippen molar-refractivity contribution in [2.45, 2.75) is 13.5 Å². The number of nitro groups is 1. The lowest BCUT2D eigenvalue weighted by molar-refractivity contribution is -0.384. The largest absolute Gasteiger partial charge is 0.391 e. The van der Waals surface area contributed by atoms with Crippen molar-refractivity contribution in [2.24, 2.45) is 5.16 Å². The predicted octanol–water partition coefficient (Wildman–Crippen LogP) is 3.45. The Hall–Kier alpha value is -2.69. The molecule has 0 aliphatic rings. The lowest BCUT2D eigenvalue weighted by Gasteiger charge is -2.01. The molecule has 0 spiro atoms. The van der Waals surface area contributed by atoms with E-state index in [0.717, 1.165) is 11.1 Å². The fourth-order valence-electron chi connectivity index (χ4n) is 1.70. The molecule has 0 radical (unpaired) electrons. The van der Waals surface area contributed by atoms with Gasteiger partial charge in [-0.2, -0.15) is 0 Å². The lowest BCUT2D eigenvalue weighted by Crippen LogP contribution is -1.92. The quantitative estimate of drug-likeness (QED) is 0.475. The molecule has 0 aliphatic heterocycles. The molecule has 0 aliphatic carbocycles. The van der Waals surface area contributed by atoms with E-state index in [0.29, 0.717) is 5.56 Å². The van der Waals surface area contributed by atoms with E-state index >= 15 is 0 Å². The highest BCUT2D eigenvalue weighted by molar-refractivity contribution is 5.81. The van der Waals surface area contributed by atoms with Crippen molar-refractivity contribution < 1.29 is 9.76 Å². The zero-order valence-electron chi connectivity index (χ0n) is 11.0. The standard InChI is InChI=1S/C15H14N2O3/c1-12-5-2-3-7-14(12)10-16-20-11-13-6-4-8-15(9-13)17(18)19/h2-10H,11H2,1H3/b16-10-. The van der Waals surface area contributed by atoms with Gasteiger partial charge >= 0.3 is 0 Å². The van der Waals surface area contributed by atoms with E-state index in [-0.39, 0.29) is 12.3 Å². The van der Waals surface area contributed by atoms with Crippen LogP contribution in [0.5, 0.6) is 0 Å². The van der Waals surface area contributed by atoms with Crippen molar-refractivity contribution in [3.63, 3.8) is 0 Å². The SMILES string of the molecule is Cc1ccccc1/C=N\OCc1cccc([N+](=O)[O-])c1. The minimum absolute atomic E-state index is 0.0500. The number of benzene rings is 2. The summed E-state index contributed by atoms with van der Waals surface area (Å²) in [5, 5.41) is 14.5. The van der Waals surface area contributed by atoms with Crippen LogP contribution < -0.4 is 0 Å². The van der Waals surface area contributed by atoms with Crippen molar-refractivity contribution >= 4 is 11.9 Å². The number of oxime groups is 1. The first-order valence-electron chi connectivity index (χ1n) is 6.11. The first kappa shape index (κ1) is 13.7. The van der Waals surface area contributed by atoms with E-state index < -0.39 is 4.92 Å². The summed E-state index contributed by atoms with van der Waals surface area (Å²) in [4.78, 5) is 15.4. The van der Waals surface area contributed by atoms with Gasteiger partial charge in [0.15, 0.2) is 0 Å². The predicted molar refractivity (Wildman–Crippen MR) is 76.7 cm³/mol. The molecule has 2 rings (SSSR count). The highest BCUT2D eigenvalue weighted by Crippen LogP contribution is 2.13. The Bertz CT molecular complexity index is 639. The molecule has 0 fully saturated rings. The molecule has 5 heteroatoms. The molecule has 20 heavy (non-hydrogen) atoms. The molecule has 0 heterocycles. The van der Waals surface area contributed by atoms with Gasteiger partial charge in [-0.05, 0) is 23.6 Å². The first-order valence-corrected chi connectivity index (χ1v) is 6.11. The van der Waals surface area contributed by atoms with Gasteiger partial charge < -0.3 is 4.84 Å². The van der Waals surface area contributed by atoms with Crippen molar-refractivity contribution in [3.8, 4) is 0 Å². The Morgan fingerprint density at radius 1 is 1.25 bits per heavy atom. The summed E-state index contributed by atoms with van der Waals surface area (Å²) in [6, 6.07) is 14.1. The van der Waals surface area contributed by atoms with Crippen LogP contribution in [-0.2, 0) is 11.4 Å². The maximum absolute atomic E-state index is 10.6. The zero-order chi connectivity index (χ0) is 14.4. The van der Waals surface area contributed by atoms with Gasteiger partial charge in [-0.1, -0.05) is 41.6 Å². The maximum Gasteiger partial charge on any atom is 0.269 e. The van der Waals surface area contributed by atoms with Crippen LogP contribution in [0.3, 0.4) is 0 Å². The molecule has 0 aromatic heterocycles. The minimum Gasteiger partial charge on any atom is -0.391 e. The molecule has 0 saturated heterocycles. The molecule has 5 nitrogen and oxygen atoms in total. The fraction of sp³-hybridized carbons (Fsp3) is 0.133. The average Bonchev–Trinajstić information content (AvgIpc) is 2.45. The molecule has 102 valence electrons. The summed E-state index contributed by atoms with van der Waals surface area (Å²) in [6.45, 7) is 2.19. The van der Waals surface area contributed by atoms with Gasteiger partial charge in [0.05, 0.1) is 11.1 Å². The molecule has 0 atom stereocenters. The second-order valence-corrected chi connectivity index (χ2v) is 4.29. The third-order valence-corrected chi connectivity index (χ3v) is 2.81. The van der Waals surface area contributed by atoms with Crippen molar-refractivity contribution in [1.29, 1.82) is 0 Å². The van der Waals surface area contributed by atoms with Crippen LogP contribution >= 0.6 is 0 Å². The van der Waals surface area contributed by atoms with Crippen molar-refractivity contribution in [2.75, 3.05) is 0 Å². The highest BCUT2D eigenvalue weighted by atomic mass is 16.6. The van der Waals surface area contributed by atoms with E-state index in [2.05, 4.69) is 5.16 Å². The van der Waals surface area contributed by atoms with E-state index in [9.17, 15) is 10.1 Å². The molecule has 2 aromatic rings. The molecular weight excluding hydrogens is 256 g/mol. The summed E-state index contributed by atoms with van der Waals surface area (Å²) in [7, 11) is 0. The molecule has 0 unspecified atom stereocenters. The third kappa shape index (κ3) is 3.65. The van der Waals surface area contributed by atoms with Gasteiger partial charge in [0.25, 0.3) is 5.69 Å². The summed E-state index contributed by atoms with van der Waals surface area (Å²) in [6.07, 6.45) is 1.63. The Labute approximate surface area is 116 Å². The summed E-state index contributed by atoms with van der Waals surface area (Å²) < 4.78 is 0. The average molecular weight is 270 g/mol. The van der Waals surface area contributed by atoms with Crippen LogP contribution in [0.15, 0.2) is 53.7 Å². The van der Waals surface area contributed by atoms with Crippen molar-refractivity contribution in [1.82, 2.24) is 0 Å². The number of rotatable bonds is 5. The zero-order valence-corrected chi connectivity index (χ0v) is 11.0. The lowest BCUT2D eigenvalue weighted by atomic mass is 10.1. The van der Waals surface area contributed by atoms with Gasteiger partial charge in [0, 0.05) is 12.1 Å². The van der Waals surface area contributed by atoms with E-state index in [1.165, 1.54) is 12.1 Å². The van der Waals surface area contributed by atoms with Crippen molar-refractivity contribution in [3.05, 3.63) is 75.3 Å². The van der Waals surface area contributed by atoms with Gasteiger partial charge in [-0.3, -0.25) is 10.1 Å². The van der Waals surface area contributed by atoms with Crippen LogP contribution in [0.4, 0.5) is 5.69 Å². The van der Waals surface area contributed by atoms with Gasteiger partial charge in [-0.15, -0.1) is 0 Å². The molecule has 0 amide bonds. The highest BCUT2D eigenvalue weighted by Gasteiger charge is 2.05. The Morgan fingerprint density at radius 3 is 2.80 bits per heavy atom. The third-order valence-electron chi connectivity index (χ3n) is 2.81. The molecular formula is C15H14N2O3. The summed E-state index contributed by atoms with van der Waals surface area (Å²) in [5.41, 5.74) is 2.84. The molecule has 0 saturated carbocycles. The number of nitro benzene ring substituents is 1. The number of nitrogens with zero attached hydrogens (tertiary/aromatic N) is 2. The number of hydrogen-bond donors (Lipinski definition) is 0. The monoisotopic (exact) mass is 270 g/mol. The second kappa shape index (κ2) is 6.47. The Balaban J connectivity index is 1.95. The van der Waals surface area contributed by atoms with E-state index in [1.807, 2.05) is 31.2 Å². The number of hydrogen-bond acceptors (Lipinski definition) is 4. The number of non-ortho nitro benzene ring substituents is 1. The van der Waals surface area contributed by atoms with Crippen LogP contribution in [-0.4, -0.2) is 11.1 Å². The molecule has 0 bridgehead atoms. The Morgan fingerprint density at radius 2 is 2.05 bits per heavy atom. The summed E-state index contributed by atoms with van der Waals surface area (Å²) >= 11 is 0. The summed E-state index contributed by atoms with van der Waals surface area (Å²) in [5.74, 6) is 0. The van der Waals surface area contributed by atoms with Crippen LogP contribution in [0, 0.1) is 17.0 Å². The van der Waals surface area contributed by atoms with Gasteiger partial charge in [-0.25, -0.2) is 0 Å². The first-order chi connectivity index (χ1) is 9.66. The minimum atomic E-state index is -0.430. The van der Waals surface area contributed by atoms with E-state index in [1.54, 1.807) is 18.3 Å². The normalized spacial score (nSPS) is 10.7. The fourth-order valence-corrected chi connectivity index (χ4v) is 1.70. The Kier molecular flexibility index (Phi) is 4.44. The molecule has 0 N–H and O–H groups in total. The maximum atomic E-state index is 10.6. The molecule has 2 aromatic carbocycles. The topological polar surface area (TPSA) is 64.7 Å². The number of aryl methyl sites for hydroxylation is 1. The van der Waals surface area contributed by atoms with Crippen LogP contribution in [0.25, 0.3) is 0 Å². The second-order valence-electron chi connectivity index (χ2n) is 4.29. The van der Waals surface area contributed by atoms with E-state index in [4.69, 9.17) is 4.84 Å². The van der Waals surface area contributed by atoms with Crippen LogP contribution in [0.2, 0.25) is 0 Å².